The highest BCUT2D eigenvalue weighted by atomic mass is 16.6. The highest BCUT2D eigenvalue weighted by Crippen LogP contribution is 2.23. The van der Waals surface area contributed by atoms with Crippen LogP contribution >= 0.6 is 0 Å². The van der Waals surface area contributed by atoms with Crippen molar-refractivity contribution in [2.45, 2.75) is 37.6 Å². The van der Waals surface area contributed by atoms with Crippen LogP contribution in [0.3, 0.4) is 0 Å². The summed E-state index contributed by atoms with van der Waals surface area (Å²) in [7, 11) is 1.21. The van der Waals surface area contributed by atoms with Gasteiger partial charge in [0.25, 0.3) is 0 Å². The molecule has 0 bridgehead atoms. The van der Waals surface area contributed by atoms with Crippen LogP contribution in [0.15, 0.2) is 35.9 Å². The number of phenolic OH excluding ortho intramolecular Hbond substituents is 1. The fourth-order valence-corrected chi connectivity index (χ4v) is 2.49. The lowest BCUT2D eigenvalue weighted by molar-refractivity contribution is -0.163. The van der Waals surface area contributed by atoms with Crippen LogP contribution in [0.1, 0.15) is 18.4 Å². The van der Waals surface area contributed by atoms with Crippen LogP contribution in [0.25, 0.3) is 0 Å². The largest absolute Gasteiger partial charge is 0.508 e. The molecule has 1 aliphatic carbocycles. The lowest BCUT2D eigenvalue weighted by atomic mass is 9.92. The molecule has 24 heavy (non-hydrogen) atoms. The summed E-state index contributed by atoms with van der Waals surface area (Å²) in [5.41, 5.74) is 0.997. The number of esters is 2. The van der Waals surface area contributed by atoms with Gasteiger partial charge >= 0.3 is 11.9 Å². The Hall–Kier alpha value is -2.38. The first kappa shape index (κ1) is 18.0. The fourth-order valence-electron chi connectivity index (χ4n) is 2.49. The highest BCUT2D eigenvalue weighted by Gasteiger charge is 2.36. The van der Waals surface area contributed by atoms with Gasteiger partial charge in [0.15, 0.2) is 6.10 Å². The predicted octanol–water partition coefficient (Wildman–Crippen LogP) is 0.461. The van der Waals surface area contributed by atoms with Gasteiger partial charge in [0.1, 0.15) is 11.9 Å². The molecule has 1 aromatic rings. The lowest BCUT2D eigenvalue weighted by Gasteiger charge is -2.30. The first-order chi connectivity index (χ1) is 11.4. The molecule has 3 atom stereocenters. The van der Waals surface area contributed by atoms with Crippen molar-refractivity contribution in [1.29, 1.82) is 0 Å². The Labute approximate surface area is 139 Å². The highest BCUT2D eigenvalue weighted by molar-refractivity contribution is 5.88. The Kier molecular flexibility index (Phi) is 5.94. The van der Waals surface area contributed by atoms with Gasteiger partial charge < -0.3 is 24.8 Å². The second-order valence-corrected chi connectivity index (χ2v) is 5.57. The summed E-state index contributed by atoms with van der Waals surface area (Å²) < 4.78 is 9.68. The van der Waals surface area contributed by atoms with E-state index in [0.29, 0.717) is 6.42 Å². The Balaban J connectivity index is 1.90. The molecule has 1 aromatic carbocycles. The quantitative estimate of drug-likeness (QED) is 0.670. The van der Waals surface area contributed by atoms with Crippen molar-refractivity contribution in [3.8, 4) is 5.75 Å². The van der Waals surface area contributed by atoms with Gasteiger partial charge in [-0.25, -0.2) is 4.79 Å². The first-order valence-electron chi connectivity index (χ1n) is 7.53. The smallest absolute Gasteiger partial charge is 0.333 e. The molecule has 0 amide bonds. The number of methoxy groups -OCH3 is 1. The molecule has 0 saturated heterocycles. The van der Waals surface area contributed by atoms with Crippen molar-refractivity contribution >= 4 is 11.9 Å². The molecular weight excluding hydrogens is 316 g/mol. The first-order valence-corrected chi connectivity index (χ1v) is 7.53. The fraction of sp³-hybridized carbons (Fsp3) is 0.412. The third-order valence-electron chi connectivity index (χ3n) is 3.79. The zero-order valence-corrected chi connectivity index (χ0v) is 13.2. The number of rotatable bonds is 5. The third-order valence-corrected chi connectivity index (χ3v) is 3.79. The van der Waals surface area contributed by atoms with E-state index in [9.17, 15) is 24.9 Å². The van der Waals surface area contributed by atoms with Gasteiger partial charge in [-0.15, -0.1) is 0 Å². The van der Waals surface area contributed by atoms with Crippen LogP contribution < -0.4 is 0 Å². The molecule has 0 radical (unpaired) electrons. The third kappa shape index (κ3) is 4.56. The summed E-state index contributed by atoms with van der Waals surface area (Å²) in [6.07, 6.45) is -1.94. The minimum Gasteiger partial charge on any atom is -0.508 e. The molecule has 1 aliphatic rings. The van der Waals surface area contributed by atoms with E-state index in [2.05, 4.69) is 4.74 Å². The maximum Gasteiger partial charge on any atom is 0.333 e. The molecule has 0 saturated carbocycles. The van der Waals surface area contributed by atoms with Gasteiger partial charge in [-0.3, -0.25) is 4.79 Å². The second kappa shape index (κ2) is 7.94. The van der Waals surface area contributed by atoms with Gasteiger partial charge in [0, 0.05) is 18.4 Å². The predicted molar refractivity (Wildman–Crippen MR) is 83.0 cm³/mol. The van der Waals surface area contributed by atoms with Crippen molar-refractivity contribution in [2.75, 3.05) is 7.11 Å². The van der Waals surface area contributed by atoms with Gasteiger partial charge in [-0.2, -0.15) is 0 Å². The van der Waals surface area contributed by atoms with Crippen LogP contribution in [0.2, 0.25) is 0 Å². The van der Waals surface area contributed by atoms with Crippen molar-refractivity contribution in [2.24, 2.45) is 0 Å². The molecule has 0 heterocycles. The SMILES string of the molecule is COC(=O)C1=C[C@@H](O)[C@@H](OC(=O)CCc2ccc(O)cc2)[C@H](O)C1. The molecule has 0 spiro atoms. The Morgan fingerprint density at radius 3 is 2.46 bits per heavy atom. The number of benzene rings is 1. The molecular formula is C17H20O7. The van der Waals surface area contributed by atoms with Crippen LogP contribution in [0, 0.1) is 0 Å². The van der Waals surface area contributed by atoms with Crippen molar-refractivity contribution in [1.82, 2.24) is 0 Å². The number of aryl methyl sites for hydroxylation is 1. The average molecular weight is 336 g/mol. The van der Waals surface area contributed by atoms with E-state index in [1.807, 2.05) is 0 Å². The number of ether oxygens (including phenoxy) is 2. The molecule has 0 aromatic heterocycles. The minimum absolute atomic E-state index is 0.0559. The summed E-state index contributed by atoms with van der Waals surface area (Å²) in [6, 6.07) is 6.43. The number of aliphatic hydroxyl groups excluding tert-OH is 2. The van der Waals surface area contributed by atoms with Gasteiger partial charge in [0.05, 0.1) is 13.2 Å². The molecule has 130 valence electrons. The van der Waals surface area contributed by atoms with Crippen LogP contribution in [-0.2, 0) is 25.5 Å². The van der Waals surface area contributed by atoms with Crippen LogP contribution in [0.4, 0.5) is 0 Å². The Morgan fingerprint density at radius 1 is 1.21 bits per heavy atom. The van der Waals surface area contributed by atoms with Crippen molar-refractivity contribution in [3.63, 3.8) is 0 Å². The van der Waals surface area contributed by atoms with Crippen molar-refractivity contribution in [3.05, 3.63) is 41.5 Å². The van der Waals surface area contributed by atoms with E-state index < -0.39 is 30.3 Å². The van der Waals surface area contributed by atoms with E-state index >= 15 is 0 Å². The monoisotopic (exact) mass is 336 g/mol. The van der Waals surface area contributed by atoms with E-state index in [1.54, 1.807) is 12.1 Å². The van der Waals surface area contributed by atoms with Gasteiger partial charge in [-0.1, -0.05) is 12.1 Å². The summed E-state index contributed by atoms with van der Waals surface area (Å²) in [6.45, 7) is 0. The summed E-state index contributed by atoms with van der Waals surface area (Å²) in [4.78, 5) is 23.3. The Bertz CT molecular complexity index is 620. The van der Waals surface area contributed by atoms with Crippen molar-refractivity contribution < 1.29 is 34.4 Å². The molecule has 2 rings (SSSR count). The van der Waals surface area contributed by atoms with Gasteiger partial charge in [0.2, 0.25) is 0 Å². The number of aromatic hydroxyl groups is 1. The summed E-state index contributed by atoms with van der Waals surface area (Å²) in [5, 5.41) is 29.2. The molecule has 7 heteroatoms. The van der Waals surface area contributed by atoms with Crippen LogP contribution in [0.5, 0.6) is 5.75 Å². The van der Waals surface area contributed by atoms with E-state index in [4.69, 9.17) is 4.74 Å². The maximum atomic E-state index is 11.9. The standard InChI is InChI=1S/C17H20O7/c1-23-17(22)11-8-13(19)16(14(20)9-11)24-15(21)7-4-10-2-5-12(18)6-3-10/h2-3,5-6,8,13-14,16,18-20H,4,7,9H2,1H3/t13-,14-,16-/m1/s1. The molecule has 7 nitrogen and oxygen atoms in total. The second-order valence-electron chi connectivity index (χ2n) is 5.57. The number of hydrogen-bond acceptors (Lipinski definition) is 7. The topological polar surface area (TPSA) is 113 Å². The maximum absolute atomic E-state index is 11.9. The average Bonchev–Trinajstić information content (AvgIpc) is 2.56. The number of carbonyl (C=O) groups excluding carboxylic acids is 2. The van der Waals surface area contributed by atoms with E-state index in [0.717, 1.165) is 5.56 Å². The number of aliphatic hydroxyl groups is 2. The minimum atomic E-state index is -1.28. The van der Waals surface area contributed by atoms with Gasteiger partial charge in [-0.05, 0) is 30.2 Å². The zero-order valence-electron chi connectivity index (χ0n) is 13.2. The Morgan fingerprint density at radius 2 is 1.88 bits per heavy atom. The molecule has 3 N–H and O–H groups in total. The summed E-state index contributed by atoms with van der Waals surface area (Å²) >= 11 is 0. The molecule has 0 aliphatic heterocycles. The number of hydrogen-bond donors (Lipinski definition) is 3. The van der Waals surface area contributed by atoms with Crippen LogP contribution in [-0.4, -0.2) is 52.7 Å². The zero-order chi connectivity index (χ0) is 17.7. The molecule has 0 fully saturated rings. The normalized spacial score (nSPS) is 23.3. The number of phenols is 1. The lowest BCUT2D eigenvalue weighted by Crippen LogP contribution is -2.44. The molecule has 0 unspecified atom stereocenters. The summed E-state index contributed by atoms with van der Waals surface area (Å²) in [5.74, 6) is -1.06. The number of carbonyl (C=O) groups is 2. The van der Waals surface area contributed by atoms with E-state index in [-0.39, 0.29) is 24.2 Å². The van der Waals surface area contributed by atoms with E-state index in [1.165, 1.54) is 25.3 Å².